The molecule has 0 N–H and O–H groups in total. The van der Waals surface area contributed by atoms with Crippen LogP contribution in [0.25, 0.3) is 0 Å². The summed E-state index contributed by atoms with van der Waals surface area (Å²) in [6, 6.07) is 2.02. The van der Waals surface area contributed by atoms with Gasteiger partial charge in [-0.1, -0.05) is 20.3 Å². The van der Waals surface area contributed by atoms with Crippen molar-refractivity contribution in [2.45, 2.75) is 40.0 Å². The van der Waals surface area contributed by atoms with Gasteiger partial charge < -0.3 is 0 Å². The molecule has 0 aromatic carbocycles. The van der Waals surface area contributed by atoms with Gasteiger partial charge in [0, 0.05) is 5.92 Å². The molecule has 0 radical (unpaired) electrons. The molecule has 1 nitrogen and oxygen atoms in total. The van der Waals surface area contributed by atoms with E-state index in [1.807, 2.05) is 13.0 Å². The number of hydrogen-bond acceptors (Lipinski definition) is 2. The molecule has 0 amide bonds. The van der Waals surface area contributed by atoms with Crippen LogP contribution in [0.3, 0.4) is 0 Å². The molecule has 2 rings (SSSR count). The van der Waals surface area contributed by atoms with Gasteiger partial charge in [-0.15, -0.1) is 11.3 Å². The summed E-state index contributed by atoms with van der Waals surface area (Å²) >= 11 is 5.06. The molecule has 1 aromatic rings. The summed E-state index contributed by atoms with van der Waals surface area (Å²) in [6.45, 7) is 6.48. The molecule has 1 aliphatic rings. The third-order valence-corrected chi connectivity index (χ3v) is 5.82. The summed E-state index contributed by atoms with van der Waals surface area (Å²) in [4.78, 5) is 13.3. The van der Waals surface area contributed by atoms with Crippen LogP contribution >= 0.6 is 27.3 Å². The number of thiophene rings is 1. The van der Waals surface area contributed by atoms with E-state index < -0.39 is 0 Å². The molecule has 1 fully saturated rings. The quantitative estimate of drug-likeness (QED) is 0.715. The fourth-order valence-corrected chi connectivity index (χ4v) is 4.09. The maximum atomic E-state index is 12.4. The largest absolute Gasteiger partial charge is 0.293 e. The summed E-state index contributed by atoms with van der Waals surface area (Å²) < 4.78 is 1.09. The van der Waals surface area contributed by atoms with Crippen molar-refractivity contribution in [3.05, 3.63) is 20.3 Å². The van der Waals surface area contributed by atoms with E-state index in [0.717, 1.165) is 15.1 Å². The maximum absolute atomic E-state index is 12.4. The first kappa shape index (κ1) is 12.3. The van der Waals surface area contributed by atoms with Crippen LogP contribution in [0.1, 0.15) is 48.3 Å². The molecule has 1 saturated carbocycles. The first-order valence-corrected chi connectivity index (χ1v) is 7.33. The highest BCUT2D eigenvalue weighted by molar-refractivity contribution is 9.11. The standard InChI is InChI=1S/C13H17BrOS/c1-8-7-10(16-12(8)14)11(15)9-5-4-6-13(9,2)3/h7,9H,4-6H2,1-3H3. The lowest BCUT2D eigenvalue weighted by Crippen LogP contribution is -2.25. The fourth-order valence-electron chi connectivity index (χ4n) is 2.57. The molecule has 88 valence electrons. The molecule has 0 spiro atoms. The van der Waals surface area contributed by atoms with Gasteiger partial charge in [-0.25, -0.2) is 0 Å². The highest BCUT2D eigenvalue weighted by Crippen LogP contribution is 2.45. The predicted octanol–water partition coefficient (Wildman–Crippen LogP) is 4.83. The zero-order chi connectivity index (χ0) is 11.9. The number of ketones is 1. The monoisotopic (exact) mass is 300 g/mol. The normalized spacial score (nSPS) is 23.6. The van der Waals surface area contributed by atoms with Crippen molar-refractivity contribution >= 4 is 33.0 Å². The predicted molar refractivity (Wildman–Crippen MR) is 72.2 cm³/mol. The summed E-state index contributed by atoms with van der Waals surface area (Å²) in [6.07, 6.45) is 3.42. The van der Waals surface area contributed by atoms with Crippen LogP contribution in [-0.4, -0.2) is 5.78 Å². The molecule has 1 atom stereocenters. The Hall–Kier alpha value is -0.150. The van der Waals surface area contributed by atoms with Crippen LogP contribution in [0.2, 0.25) is 0 Å². The molecule has 1 aromatic heterocycles. The molecule has 0 aliphatic heterocycles. The van der Waals surface area contributed by atoms with Gasteiger partial charge in [-0.2, -0.15) is 0 Å². The van der Waals surface area contributed by atoms with E-state index in [-0.39, 0.29) is 11.3 Å². The Morgan fingerprint density at radius 2 is 2.25 bits per heavy atom. The Bertz CT molecular complexity index is 400. The van der Waals surface area contributed by atoms with Gasteiger partial charge in [-0.3, -0.25) is 4.79 Å². The average molecular weight is 301 g/mol. The molecule has 1 heterocycles. The second kappa shape index (κ2) is 4.26. The minimum Gasteiger partial charge on any atom is -0.293 e. The SMILES string of the molecule is Cc1cc(C(=O)C2CCCC2(C)C)sc1Br. The molecule has 1 unspecified atom stereocenters. The Balaban J connectivity index is 2.25. The van der Waals surface area contributed by atoms with Crippen LogP contribution in [0.5, 0.6) is 0 Å². The van der Waals surface area contributed by atoms with Crippen LogP contribution in [0, 0.1) is 18.3 Å². The van der Waals surface area contributed by atoms with Crippen LogP contribution < -0.4 is 0 Å². The van der Waals surface area contributed by atoms with E-state index in [1.54, 1.807) is 11.3 Å². The molecule has 16 heavy (non-hydrogen) atoms. The van der Waals surface area contributed by atoms with Crippen molar-refractivity contribution in [1.82, 2.24) is 0 Å². The third-order valence-electron chi connectivity index (χ3n) is 3.67. The Labute approximate surface area is 109 Å². The first-order valence-electron chi connectivity index (χ1n) is 5.72. The average Bonchev–Trinajstić information content (AvgIpc) is 2.70. The second-order valence-electron chi connectivity index (χ2n) is 5.37. The lowest BCUT2D eigenvalue weighted by atomic mass is 9.79. The van der Waals surface area contributed by atoms with Crippen molar-refractivity contribution in [3.8, 4) is 0 Å². The summed E-state index contributed by atoms with van der Waals surface area (Å²) in [5.74, 6) is 0.568. The Morgan fingerprint density at radius 1 is 1.56 bits per heavy atom. The van der Waals surface area contributed by atoms with E-state index in [1.165, 1.54) is 18.4 Å². The van der Waals surface area contributed by atoms with Crippen LogP contribution in [-0.2, 0) is 0 Å². The Morgan fingerprint density at radius 3 is 2.69 bits per heavy atom. The van der Waals surface area contributed by atoms with Crippen molar-refractivity contribution in [2.75, 3.05) is 0 Å². The fraction of sp³-hybridized carbons (Fsp3) is 0.615. The zero-order valence-corrected chi connectivity index (χ0v) is 12.4. The second-order valence-corrected chi connectivity index (χ2v) is 7.74. The van der Waals surface area contributed by atoms with Crippen LogP contribution in [0.15, 0.2) is 9.85 Å². The minimum atomic E-state index is 0.182. The van der Waals surface area contributed by atoms with E-state index in [0.29, 0.717) is 5.78 Å². The first-order chi connectivity index (χ1) is 7.42. The number of Topliss-reactive ketones (excluding diaryl/α,β-unsaturated/α-hetero) is 1. The number of carbonyl (C=O) groups excluding carboxylic acids is 1. The minimum absolute atomic E-state index is 0.182. The number of aryl methyl sites for hydroxylation is 1. The van der Waals surface area contributed by atoms with E-state index in [9.17, 15) is 4.79 Å². The molecular formula is C13H17BrOS. The van der Waals surface area contributed by atoms with Gasteiger partial charge in [0.2, 0.25) is 0 Å². The van der Waals surface area contributed by atoms with Gasteiger partial charge >= 0.3 is 0 Å². The molecule has 1 aliphatic carbocycles. The zero-order valence-electron chi connectivity index (χ0n) is 9.97. The van der Waals surface area contributed by atoms with Crippen molar-refractivity contribution in [3.63, 3.8) is 0 Å². The van der Waals surface area contributed by atoms with Crippen LogP contribution in [0.4, 0.5) is 0 Å². The van der Waals surface area contributed by atoms with Crippen molar-refractivity contribution in [1.29, 1.82) is 0 Å². The van der Waals surface area contributed by atoms with Crippen molar-refractivity contribution in [2.24, 2.45) is 11.3 Å². The van der Waals surface area contributed by atoms with Gasteiger partial charge in [0.15, 0.2) is 5.78 Å². The molecule has 0 saturated heterocycles. The van der Waals surface area contributed by atoms with Crippen molar-refractivity contribution < 1.29 is 4.79 Å². The summed E-state index contributed by atoms with van der Waals surface area (Å²) in [5.41, 5.74) is 1.35. The number of rotatable bonds is 2. The summed E-state index contributed by atoms with van der Waals surface area (Å²) in [7, 11) is 0. The Kier molecular flexibility index (Phi) is 3.28. The van der Waals surface area contributed by atoms with Gasteiger partial charge in [0.05, 0.1) is 8.66 Å². The topological polar surface area (TPSA) is 17.1 Å². The smallest absolute Gasteiger partial charge is 0.176 e. The van der Waals surface area contributed by atoms with E-state index >= 15 is 0 Å². The number of hydrogen-bond donors (Lipinski definition) is 0. The number of halogens is 1. The highest BCUT2D eigenvalue weighted by Gasteiger charge is 2.39. The molecular weight excluding hydrogens is 284 g/mol. The van der Waals surface area contributed by atoms with Gasteiger partial charge in [0.25, 0.3) is 0 Å². The van der Waals surface area contributed by atoms with Gasteiger partial charge in [0.1, 0.15) is 0 Å². The molecule has 0 bridgehead atoms. The lowest BCUT2D eigenvalue weighted by molar-refractivity contribution is 0.0843. The number of carbonyl (C=O) groups is 1. The summed E-state index contributed by atoms with van der Waals surface area (Å²) in [5, 5.41) is 0. The van der Waals surface area contributed by atoms with Gasteiger partial charge in [-0.05, 0) is 52.7 Å². The maximum Gasteiger partial charge on any atom is 0.176 e. The van der Waals surface area contributed by atoms with E-state index in [2.05, 4.69) is 29.8 Å². The lowest BCUT2D eigenvalue weighted by Gasteiger charge is -2.25. The molecule has 3 heteroatoms. The third kappa shape index (κ3) is 2.12. The van der Waals surface area contributed by atoms with E-state index in [4.69, 9.17) is 0 Å². The highest BCUT2D eigenvalue weighted by atomic mass is 79.9.